The molecular formula is C15H11N5O3S. The minimum Gasteiger partial charge on any atom is -0.337 e. The molecule has 4 aromatic rings. The van der Waals surface area contributed by atoms with E-state index < -0.39 is 0 Å². The molecule has 0 atom stereocenters. The van der Waals surface area contributed by atoms with Crippen LogP contribution in [-0.2, 0) is 6.54 Å². The van der Waals surface area contributed by atoms with Crippen molar-refractivity contribution < 1.29 is 9.05 Å². The molecule has 0 aliphatic carbocycles. The second-order valence-corrected chi connectivity index (χ2v) is 5.94. The molecule has 4 rings (SSSR count). The summed E-state index contributed by atoms with van der Waals surface area (Å²) in [5, 5.41) is 9.58. The van der Waals surface area contributed by atoms with Gasteiger partial charge >= 0.3 is 0 Å². The number of nitrogens with zero attached hydrogens (tertiary/aromatic N) is 5. The molecule has 0 saturated heterocycles. The van der Waals surface area contributed by atoms with Gasteiger partial charge < -0.3 is 13.6 Å². The Balaban J connectivity index is 1.65. The lowest BCUT2D eigenvalue weighted by Gasteiger charge is -2.02. The molecule has 0 unspecified atom stereocenters. The van der Waals surface area contributed by atoms with Gasteiger partial charge in [0.1, 0.15) is 12.1 Å². The van der Waals surface area contributed by atoms with E-state index in [0.29, 0.717) is 23.1 Å². The van der Waals surface area contributed by atoms with E-state index in [2.05, 4.69) is 20.3 Å². The molecule has 0 amide bonds. The maximum atomic E-state index is 12.6. The normalized spacial score (nSPS) is 11.0. The summed E-state index contributed by atoms with van der Waals surface area (Å²) in [7, 11) is 0. The molecule has 4 aromatic heterocycles. The molecule has 0 aliphatic rings. The topological polar surface area (TPSA) is 99.8 Å². The van der Waals surface area contributed by atoms with E-state index in [-0.39, 0.29) is 18.0 Å². The summed E-state index contributed by atoms with van der Waals surface area (Å²) in [6, 6.07) is 7.18. The van der Waals surface area contributed by atoms with Crippen LogP contribution in [0.25, 0.3) is 22.2 Å². The van der Waals surface area contributed by atoms with Gasteiger partial charge in [0.15, 0.2) is 5.82 Å². The first-order valence-corrected chi connectivity index (χ1v) is 7.95. The fourth-order valence-corrected chi connectivity index (χ4v) is 2.85. The molecule has 0 radical (unpaired) electrons. The molecular weight excluding hydrogens is 330 g/mol. The van der Waals surface area contributed by atoms with Gasteiger partial charge in [-0.1, -0.05) is 16.4 Å². The van der Waals surface area contributed by atoms with Crippen molar-refractivity contribution in [1.82, 2.24) is 24.8 Å². The van der Waals surface area contributed by atoms with Crippen LogP contribution in [0.2, 0.25) is 0 Å². The van der Waals surface area contributed by atoms with Crippen LogP contribution in [0, 0.1) is 6.92 Å². The average molecular weight is 341 g/mol. The van der Waals surface area contributed by atoms with Crippen molar-refractivity contribution in [3.63, 3.8) is 0 Å². The number of aromatic nitrogens is 5. The second-order valence-electron chi connectivity index (χ2n) is 4.99. The van der Waals surface area contributed by atoms with E-state index in [0.717, 1.165) is 4.88 Å². The predicted molar refractivity (Wildman–Crippen MR) is 85.4 cm³/mol. The molecule has 0 bridgehead atoms. The van der Waals surface area contributed by atoms with E-state index >= 15 is 0 Å². The van der Waals surface area contributed by atoms with Gasteiger partial charge in [0.2, 0.25) is 11.7 Å². The molecule has 0 aromatic carbocycles. The third-order valence-electron chi connectivity index (χ3n) is 3.29. The minimum atomic E-state index is -0.267. The second kappa shape index (κ2) is 5.85. The van der Waals surface area contributed by atoms with Crippen LogP contribution in [0.4, 0.5) is 0 Å². The Morgan fingerprint density at radius 2 is 2.08 bits per heavy atom. The molecule has 0 fully saturated rings. The molecule has 0 saturated carbocycles. The summed E-state index contributed by atoms with van der Waals surface area (Å²) in [6.07, 6.45) is 1.64. The molecule has 0 spiro atoms. The number of thiophene rings is 1. The zero-order valence-corrected chi connectivity index (χ0v) is 13.4. The third-order valence-corrected chi connectivity index (χ3v) is 4.16. The first kappa shape index (κ1) is 14.5. The van der Waals surface area contributed by atoms with E-state index in [1.165, 1.54) is 15.9 Å². The fraction of sp³-hybridized carbons (Fsp3) is 0.133. The SMILES string of the molecule is Cc1noc(-c2cccn(Cc3nc(-c4cccs4)no3)c2=O)n1. The van der Waals surface area contributed by atoms with Gasteiger partial charge in [-0.25, -0.2) is 0 Å². The standard InChI is InChI=1S/C15H11N5O3S/c1-9-16-14(23-18-9)10-4-2-6-20(15(10)21)8-12-17-13(19-22-12)11-5-3-7-24-11/h2-7H,8H2,1H3. The lowest BCUT2D eigenvalue weighted by atomic mass is 10.2. The largest absolute Gasteiger partial charge is 0.337 e. The third kappa shape index (κ3) is 2.65. The van der Waals surface area contributed by atoms with Crippen LogP contribution in [0.5, 0.6) is 0 Å². The Hall–Kier alpha value is -3.07. The highest BCUT2D eigenvalue weighted by atomic mass is 32.1. The Morgan fingerprint density at radius 1 is 1.17 bits per heavy atom. The Morgan fingerprint density at radius 3 is 2.83 bits per heavy atom. The van der Waals surface area contributed by atoms with E-state index in [9.17, 15) is 4.79 Å². The Kier molecular flexibility index (Phi) is 3.54. The Bertz CT molecular complexity index is 1030. The summed E-state index contributed by atoms with van der Waals surface area (Å²) in [5.74, 6) is 1.52. The van der Waals surface area contributed by atoms with Gasteiger partial charge in [-0.2, -0.15) is 9.97 Å². The van der Waals surface area contributed by atoms with Crippen LogP contribution < -0.4 is 5.56 Å². The molecule has 0 aliphatic heterocycles. The summed E-state index contributed by atoms with van der Waals surface area (Å²) in [6.45, 7) is 1.86. The lowest BCUT2D eigenvalue weighted by Crippen LogP contribution is -2.21. The first-order valence-electron chi connectivity index (χ1n) is 7.07. The minimum absolute atomic E-state index is 0.165. The van der Waals surface area contributed by atoms with Gasteiger partial charge in [0.25, 0.3) is 11.4 Å². The van der Waals surface area contributed by atoms with E-state index in [1.807, 2.05) is 17.5 Å². The van der Waals surface area contributed by atoms with Crippen molar-refractivity contribution in [1.29, 1.82) is 0 Å². The van der Waals surface area contributed by atoms with Crippen LogP contribution in [-0.4, -0.2) is 24.8 Å². The highest BCUT2D eigenvalue weighted by Crippen LogP contribution is 2.21. The average Bonchev–Trinajstić information content (AvgIpc) is 3.30. The molecule has 9 heteroatoms. The number of pyridine rings is 1. The smallest absolute Gasteiger partial charge is 0.263 e. The maximum Gasteiger partial charge on any atom is 0.263 e. The van der Waals surface area contributed by atoms with Gasteiger partial charge in [-0.3, -0.25) is 4.79 Å². The van der Waals surface area contributed by atoms with Crippen molar-refractivity contribution in [2.45, 2.75) is 13.5 Å². The van der Waals surface area contributed by atoms with E-state index in [1.54, 1.807) is 25.3 Å². The van der Waals surface area contributed by atoms with Gasteiger partial charge in [-0.05, 0) is 30.5 Å². The van der Waals surface area contributed by atoms with Gasteiger partial charge in [0, 0.05) is 6.20 Å². The summed E-state index contributed by atoms with van der Waals surface area (Å²) >= 11 is 1.52. The molecule has 120 valence electrons. The molecule has 24 heavy (non-hydrogen) atoms. The fourth-order valence-electron chi connectivity index (χ4n) is 2.20. The van der Waals surface area contributed by atoms with E-state index in [4.69, 9.17) is 9.05 Å². The molecule has 8 nitrogen and oxygen atoms in total. The quantitative estimate of drug-likeness (QED) is 0.561. The summed E-state index contributed by atoms with van der Waals surface area (Å²) in [5.41, 5.74) is 0.0631. The lowest BCUT2D eigenvalue weighted by molar-refractivity contribution is 0.370. The highest BCUT2D eigenvalue weighted by Gasteiger charge is 2.15. The molecule has 4 heterocycles. The van der Waals surface area contributed by atoms with Crippen LogP contribution in [0.1, 0.15) is 11.7 Å². The van der Waals surface area contributed by atoms with Crippen molar-refractivity contribution in [3.8, 4) is 22.2 Å². The number of hydrogen-bond donors (Lipinski definition) is 0. The van der Waals surface area contributed by atoms with Crippen LogP contribution >= 0.6 is 11.3 Å². The Labute approximate surface area is 139 Å². The molecule has 0 N–H and O–H groups in total. The number of aryl methyl sites for hydroxylation is 1. The zero-order chi connectivity index (χ0) is 16.5. The van der Waals surface area contributed by atoms with Crippen molar-refractivity contribution in [3.05, 3.63) is 57.9 Å². The van der Waals surface area contributed by atoms with Crippen LogP contribution in [0.15, 0.2) is 49.7 Å². The van der Waals surface area contributed by atoms with Crippen LogP contribution in [0.3, 0.4) is 0 Å². The van der Waals surface area contributed by atoms with Gasteiger partial charge in [0.05, 0.1) is 4.88 Å². The first-order chi connectivity index (χ1) is 11.7. The number of rotatable bonds is 4. The van der Waals surface area contributed by atoms with Crippen molar-refractivity contribution in [2.75, 3.05) is 0 Å². The highest BCUT2D eigenvalue weighted by molar-refractivity contribution is 7.13. The predicted octanol–water partition coefficient (Wildman–Crippen LogP) is 2.37. The van der Waals surface area contributed by atoms with Crippen molar-refractivity contribution >= 4 is 11.3 Å². The summed E-state index contributed by atoms with van der Waals surface area (Å²) < 4.78 is 11.8. The maximum absolute atomic E-state index is 12.6. The summed E-state index contributed by atoms with van der Waals surface area (Å²) in [4.78, 5) is 21.9. The van der Waals surface area contributed by atoms with Crippen molar-refractivity contribution in [2.24, 2.45) is 0 Å². The van der Waals surface area contributed by atoms with Gasteiger partial charge in [-0.15, -0.1) is 11.3 Å². The monoisotopic (exact) mass is 341 g/mol. The zero-order valence-electron chi connectivity index (χ0n) is 12.5. The number of hydrogen-bond acceptors (Lipinski definition) is 8.